The van der Waals surface area contributed by atoms with Gasteiger partial charge in [-0.05, 0) is 31.0 Å². The van der Waals surface area contributed by atoms with Gasteiger partial charge in [-0.2, -0.15) is 0 Å². The third kappa shape index (κ3) is 5.19. The van der Waals surface area contributed by atoms with Crippen LogP contribution in [0.1, 0.15) is 28.4 Å². The van der Waals surface area contributed by atoms with Crippen LogP contribution in [0, 0.1) is 0 Å². The highest BCUT2D eigenvalue weighted by Gasteiger charge is 2.15. The van der Waals surface area contributed by atoms with E-state index in [9.17, 15) is 4.79 Å². The first-order valence-corrected chi connectivity index (χ1v) is 8.13. The minimum atomic E-state index is -0.0791. The minimum absolute atomic E-state index is 0.0791. The van der Waals surface area contributed by atoms with Gasteiger partial charge in [-0.25, -0.2) is 0 Å². The normalized spacial score (nSPS) is 10.4. The van der Waals surface area contributed by atoms with Crippen LogP contribution < -0.4 is 9.47 Å². The van der Waals surface area contributed by atoms with Crippen LogP contribution in [-0.4, -0.2) is 33.2 Å². The largest absolute Gasteiger partial charge is 0.497 e. The average Bonchev–Trinajstić information content (AvgIpc) is 2.64. The lowest BCUT2D eigenvalue weighted by Gasteiger charge is -2.10. The van der Waals surface area contributed by atoms with Crippen molar-refractivity contribution < 1.29 is 19.0 Å². The Kier molecular flexibility index (Phi) is 6.78. The van der Waals surface area contributed by atoms with Gasteiger partial charge in [0.1, 0.15) is 11.5 Å². The third-order valence-corrected chi connectivity index (χ3v) is 3.75. The molecule has 0 unspecified atom stereocenters. The number of benzene rings is 2. The topological polar surface area (TPSA) is 44.8 Å². The second kappa shape index (κ2) is 9.04. The van der Waals surface area contributed by atoms with Crippen LogP contribution in [0.2, 0.25) is 0 Å². The van der Waals surface area contributed by atoms with E-state index in [1.165, 1.54) is 0 Å². The van der Waals surface area contributed by atoms with Gasteiger partial charge in [-0.1, -0.05) is 36.4 Å². The molecule has 0 aromatic heterocycles. The molecule has 0 aliphatic rings. The number of carbonyl (C=O) groups is 1. The first-order chi connectivity index (χ1) is 12.0. The second-order valence-electron chi connectivity index (χ2n) is 5.85. The van der Waals surface area contributed by atoms with Crippen molar-refractivity contribution in [1.29, 1.82) is 0 Å². The molecular weight excluding hydrogens is 316 g/mol. The Hall–Kier alpha value is -2.59. The van der Waals surface area contributed by atoms with E-state index >= 15 is 0 Å². The molecule has 2 aromatic rings. The standard InChI is InChI=1S/C21H24O4/c1-15(2)14-25-12-11-16-5-7-17(8-6-16)21(22)19-10-9-18(23-3)13-20(19)24-4/h5-10,13H,1,11-12,14H2,2-4H3. The summed E-state index contributed by atoms with van der Waals surface area (Å²) < 4.78 is 16.0. The molecule has 0 fully saturated rings. The van der Waals surface area contributed by atoms with Crippen LogP contribution in [0.5, 0.6) is 11.5 Å². The maximum atomic E-state index is 12.7. The van der Waals surface area contributed by atoms with E-state index in [4.69, 9.17) is 14.2 Å². The molecule has 2 rings (SSSR count). The molecule has 132 valence electrons. The van der Waals surface area contributed by atoms with E-state index in [2.05, 4.69) is 6.58 Å². The maximum Gasteiger partial charge on any atom is 0.196 e. The molecule has 0 heterocycles. The Morgan fingerprint density at radius 2 is 1.76 bits per heavy atom. The third-order valence-electron chi connectivity index (χ3n) is 3.75. The molecule has 4 nitrogen and oxygen atoms in total. The van der Waals surface area contributed by atoms with Gasteiger partial charge in [-0.3, -0.25) is 4.79 Å². The lowest BCUT2D eigenvalue weighted by molar-refractivity contribution is 0.103. The highest BCUT2D eigenvalue weighted by atomic mass is 16.5. The van der Waals surface area contributed by atoms with E-state index < -0.39 is 0 Å². The van der Waals surface area contributed by atoms with Crippen LogP contribution >= 0.6 is 0 Å². The van der Waals surface area contributed by atoms with Crippen molar-refractivity contribution in [1.82, 2.24) is 0 Å². The Bertz CT molecular complexity index is 732. The van der Waals surface area contributed by atoms with Crippen LogP contribution in [0.15, 0.2) is 54.6 Å². The quantitative estimate of drug-likeness (QED) is 0.392. The molecule has 0 saturated heterocycles. The molecule has 0 bridgehead atoms. The van der Waals surface area contributed by atoms with Crippen LogP contribution in [0.3, 0.4) is 0 Å². The van der Waals surface area contributed by atoms with Crippen molar-refractivity contribution in [3.63, 3.8) is 0 Å². The monoisotopic (exact) mass is 340 g/mol. The molecule has 0 spiro atoms. The highest BCUT2D eigenvalue weighted by Crippen LogP contribution is 2.26. The summed E-state index contributed by atoms with van der Waals surface area (Å²) in [7, 11) is 3.12. The summed E-state index contributed by atoms with van der Waals surface area (Å²) in [5, 5.41) is 0. The number of hydrogen-bond acceptors (Lipinski definition) is 4. The molecular formula is C21H24O4. The summed E-state index contributed by atoms with van der Waals surface area (Å²) in [6.07, 6.45) is 0.799. The average molecular weight is 340 g/mol. The molecule has 0 aliphatic carbocycles. The lowest BCUT2D eigenvalue weighted by atomic mass is 10.0. The van der Waals surface area contributed by atoms with Crippen molar-refractivity contribution in [3.8, 4) is 11.5 Å². The Balaban J connectivity index is 2.06. The molecule has 0 N–H and O–H groups in total. The van der Waals surface area contributed by atoms with Crippen LogP contribution in [0.25, 0.3) is 0 Å². The highest BCUT2D eigenvalue weighted by molar-refractivity contribution is 6.10. The lowest BCUT2D eigenvalue weighted by Crippen LogP contribution is -2.05. The number of ketones is 1. The Labute approximate surface area is 149 Å². The first kappa shape index (κ1) is 18.7. The van der Waals surface area contributed by atoms with Gasteiger partial charge in [0.25, 0.3) is 0 Å². The molecule has 0 aliphatic heterocycles. The summed E-state index contributed by atoms with van der Waals surface area (Å²) in [5.41, 5.74) is 3.27. The van der Waals surface area contributed by atoms with Crippen molar-refractivity contribution >= 4 is 5.78 Å². The number of rotatable bonds is 9. The summed E-state index contributed by atoms with van der Waals surface area (Å²) in [6.45, 7) is 6.95. The van der Waals surface area contributed by atoms with Crippen LogP contribution in [0.4, 0.5) is 0 Å². The fourth-order valence-electron chi connectivity index (χ4n) is 2.40. The molecule has 25 heavy (non-hydrogen) atoms. The summed E-state index contributed by atoms with van der Waals surface area (Å²) >= 11 is 0. The number of methoxy groups -OCH3 is 2. The zero-order chi connectivity index (χ0) is 18.2. The van der Waals surface area contributed by atoms with Gasteiger partial charge in [0.15, 0.2) is 5.78 Å². The van der Waals surface area contributed by atoms with Gasteiger partial charge in [0.2, 0.25) is 0 Å². The second-order valence-corrected chi connectivity index (χ2v) is 5.85. The van der Waals surface area contributed by atoms with Gasteiger partial charge in [0, 0.05) is 11.6 Å². The van der Waals surface area contributed by atoms with E-state index in [1.54, 1.807) is 32.4 Å². The molecule has 0 saturated carbocycles. The van der Waals surface area contributed by atoms with Gasteiger partial charge >= 0.3 is 0 Å². The molecule has 2 aromatic carbocycles. The SMILES string of the molecule is C=C(C)COCCc1ccc(C(=O)c2ccc(OC)cc2OC)cc1. The number of hydrogen-bond donors (Lipinski definition) is 0. The number of carbonyl (C=O) groups excluding carboxylic acids is 1. The van der Waals surface area contributed by atoms with E-state index in [1.807, 2.05) is 31.2 Å². The maximum absolute atomic E-state index is 12.7. The van der Waals surface area contributed by atoms with Gasteiger partial charge in [-0.15, -0.1) is 0 Å². The Morgan fingerprint density at radius 1 is 1.04 bits per heavy atom. The fraction of sp³-hybridized carbons (Fsp3) is 0.286. The van der Waals surface area contributed by atoms with Gasteiger partial charge in [0.05, 0.1) is 33.0 Å². The first-order valence-electron chi connectivity index (χ1n) is 8.13. The predicted octanol–water partition coefficient (Wildman–Crippen LogP) is 4.07. The van der Waals surface area contributed by atoms with E-state index in [-0.39, 0.29) is 5.78 Å². The van der Waals surface area contributed by atoms with E-state index in [0.717, 1.165) is 17.6 Å². The fourth-order valence-corrected chi connectivity index (χ4v) is 2.40. The van der Waals surface area contributed by atoms with Crippen molar-refractivity contribution in [2.45, 2.75) is 13.3 Å². The summed E-state index contributed by atoms with van der Waals surface area (Å²) in [4.78, 5) is 12.7. The van der Waals surface area contributed by atoms with Crippen molar-refractivity contribution in [3.05, 3.63) is 71.3 Å². The molecule has 4 heteroatoms. The minimum Gasteiger partial charge on any atom is -0.497 e. The zero-order valence-corrected chi connectivity index (χ0v) is 15.0. The van der Waals surface area contributed by atoms with Crippen LogP contribution in [-0.2, 0) is 11.2 Å². The Morgan fingerprint density at radius 3 is 2.36 bits per heavy atom. The van der Waals surface area contributed by atoms with Crippen molar-refractivity contribution in [2.75, 3.05) is 27.4 Å². The predicted molar refractivity (Wildman–Crippen MR) is 98.8 cm³/mol. The molecule has 0 atom stereocenters. The van der Waals surface area contributed by atoms with Gasteiger partial charge < -0.3 is 14.2 Å². The molecule has 0 amide bonds. The number of ether oxygens (including phenoxy) is 3. The smallest absolute Gasteiger partial charge is 0.196 e. The zero-order valence-electron chi connectivity index (χ0n) is 15.0. The van der Waals surface area contributed by atoms with E-state index in [0.29, 0.717) is 35.8 Å². The van der Waals surface area contributed by atoms with Crippen molar-refractivity contribution in [2.24, 2.45) is 0 Å². The summed E-state index contributed by atoms with van der Waals surface area (Å²) in [6, 6.07) is 12.8. The molecule has 0 radical (unpaired) electrons. The summed E-state index contributed by atoms with van der Waals surface area (Å²) in [5.74, 6) is 1.07.